The molecular weight excluding hydrogens is 342 g/mol. The molecule has 0 bridgehead atoms. The molecule has 1 fully saturated rings. The maximum Gasteiger partial charge on any atom is 0.277 e. The number of carbonyl (C=O) groups excluding carboxylic acids is 2. The van der Waals surface area contributed by atoms with E-state index in [2.05, 4.69) is 16.2 Å². The molecule has 2 rings (SSSR count). The van der Waals surface area contributed by atoms with Gasteiger partial charge in [-0.2, -0.15) is 0 Å². The standard InChI is InChI=1S/C12H11N5O6S/c18-10(13-12(24)15-14-11(19)6-1-2-6)7-3-8(16(20)21)5-9(4-7)17(22)23/h3-6H,1-2H2,(H,14,19)(H2,13,15,18,24). The first-order valence-electron chi connectivity index (χ1n) is 6.63. The van der Waals surface area contributed by atoms with Gasteiger partial charge in [-0.15, -0.1) is 0 Å². The van der Waals surface area contributed by atoms with Crippen LogP contribution in [0.2, 0.25) is 0 Å². The molecule has 0 atom stereocenters. The number of carbonyl (C=O) groups is 2. The van der Waals surface area contributed by atoms with E-state index in [1.807, 2.05) is 0 Å². The Hall–Kier alpha value is -3.15. The number of amides is 2. The molecule has 12 heteroatoms. The monoisotopic (exact) mass is 353 g/mol. The highest BCUT2D eigenvalue weighted by atomic mass is 32.1. The zero-order valence-electron chi connectivity index (χ0n) is 12.0. The number of thiocarbonyl (C=S) groups is 1. The highest BCUT2D eigenvalue weighted by Gasteiger charge is 2.29. The van der Waals surface area contributed by atoms with E-state index >= 15 is 0 Å². The number of nitrogens with zero attached hydrogens (tertiary/aromatic N) is 2. The Morgan fingerprint density at radius 3 is 2.04 bits per heavy atom. The zero-order chi connectivity index (χ0) is 17.9. The number of nitrogens with one attached hydrogen (secondary N) is 3. The number of hydrazine groups is 1. The van der Waals surface area contributed by atoms with Crippen LogP contribution in [-0.2, 0) is 4.79 Å². The number of benzene rings is 1. The second-order valence-corrected chi connectivity index (χ2v) is 5.33. The van der Waals surface area contributed by atoms with Crippen LogP contribution in [0.3, 0.4) is 0 Å². The predicted molar refractivity (Wildman–Crippen MR) is 83.8 cm³/mol. The highest BCUT2D eigenvalue weighted by Crippen LogP contribution is 2.28. The minimum absolute atomic E-state index is 0.0737. The molecular formula is C12H11N5O6S. The van der Waals surface area contributed by atoms with Crippen LogP contribution in [0, 0.1) is 26.1 Å². The maximum absolute atomic E-state index is 12.0. The lowest BCUT2D eigenvalue weighted by Gasteiger charge is -2.10. The average molecular weight is 353 g/mol. The molecule has 1 saturated carbocycles. The summed E-state index contributed by atoms with van der Waals surface area (Å²) < 4.78 is 0. The van der Waals surface area contributed by atoms with Crippen molar-refractivity contribution in [3.8, 4) is 0 Å². The summed E-state index contributed by atoms with van der Waals surface area (Å²) >= 11 is 4.80. The second-order valence-electron chi connectivity index (χ2n) is 4.92. The molecule has 0 unspecified atom stereocenters. The molecule has 1 aliphatic carbocycles. The Kier molecular flexibility index (Phi) is 4.99. The topological polar surface area (TPSA) is 157 Å². The number of rotatable bonds is 4. The SMILES string of the molecule is O=C(NC(=S)NNC(=O)C1CC1)c1cc([N+](=O)[O-])cc([N+](=O)[O-])c1. The lowest BCUT2D eigenvalue weighted by atomic mass is 10.1. The fraction of sp³-hybridized carbons (Fsp3) is 0.250. The van der Waals surface area contributed by atoms with Crippen molar-refractivity contribution in [1.82, 2.24) is 16.2 Å². The summed E-state index contributed by atoms with van der Waals surface area (Å²) in [5, 5.41) is 23.5. The summed E-state index contributed by atoms with van der Waals surface area (Å²) in [6, 6.07) is 2.50. The van der Waals surface area contributed by atoms with Crippen LogP contribution in [-0.4, -0.2) is 26.8 Å². The summed E-state index contributed by atoms with van der Waals surface area (Å²) in [6.07, 6.45) is 1.56. The summed E-state index contributed by atoms with van der Waals surface area (Å²) in [5.41, 5.74) is 3.10. The molecule has 0 aromatic heterocycles. The van der Waals surface area contributed by atoms with Crippen LogP contribution in [0.15, 0.2) is 18.2 Å². The molecule has 11 nitrogen and oxygen atoms in total. The minimum Gasteiger partial charge on any atom is -0.298 e. The lowest BCUT2D eigenvalue weighted by Crippen LogP contribution is -2.48. The van der Waals surface area contributed by atoms with Crippen LogP contribution < -0.4 is 16.2 Å². The van der Waals surface area contributed by atoms with Crippen molar-refractivity contribution in [2.75, 3.05) is 0 Å². The summed E-state index contributed by atoms with van der Waals surface area (Å²) in [4.78, 5) is 43.3. The first-order valence-corrected chi connectivity index (χ1v) is 7.04. The molecule has 1 aromatic rings. The molecule has 0 radical (unpaired) electrons. The van der Waals surface area contributed by atoms with Gasteiger partial charge in [-0.05, 0) is 25.1 Å². The van der Waals surface area contributed by atoms with Gasteiger partial charge in [0.15, 0.2) is 5.11 Å². The number of nitro groups is 2. The van der Waals surface area contributed by atoms with Gasteiger partial charge >= 0.3 is 0 Å². The van der Waals surface area contributed by atoms with Crippen LogP contribution in [0.4, 0.5) is 11.4 Å². The zero-order valence-corrected chi connectivity index (χ0v) is 12.8. The molecule has 0 aliphatic heterocycles. The van der Waals surface area contributed by atoms with Gasteiger partial charge in [0, 0.05) is 18.1 Å². The van der Waals surface area contributed by atoms with Crippen molar-refractivity contribution >= 4 is 40.5 Å². The largest absolute Gasteiger partial charge is 0.298 e. The molecule has 1 aromatic carbocycles. The Labute approximate surface area is 139 Å². The average Bonchev–Trinajstić information content (AvgIpc) is 3.36. The third-order valence-corrected chi connectivity index (χ3v) is 3.26. The van der Waals surface area contributed by atoms with Gasteiger partial charge in [0.2, 0.25) is 5.91 Å². The molecule has 126 valence electrons. The van der Waals surface area contributed by atoms with Crippen molar-refractivity contribution < 1.29 is 19.4 Å². The smallest absolute Gasteiger partial charge is 0.277 e. The van der Waals surface area contributed by atoms with Gasteiger partial charge in [0.1, 0.15) is 0 Å². The fourth-order valence-electron chi connectivity index (χ4n) is 1.71. The second kappa shape index (κ2) is 6.95. The first kappa shape index (κ1) is 17.2. The van der Waals surface area contributed by atoms with E-state index < -0.39 is 27.1 Å². The third kappa shape index (κ3) is 4.42. The van der Waals surface area contributed by atoms with Crippen LogP contribution in [0.1, 0.15) is 23.2 Å². The van der Waals surface area contributed by atoms with E-state index in [9.17, 15) is 29.8 Å². The van der Waals surface area contributed by atoms with Crippen LogP contribution in [0.25, 0.3) is 0 Å². The van der Waals surface area contributed by atoms with Gasteiger partial charge in [0.25, 0.3) is 17.3 Å². The third-order valence-electron chi connectivity index (χ3n) is 3.06. The summed E-state index contributed by atoms with van der Waals surface area (Å²) in [6.45, 7) is 0. The van der Waals surface area contributed by atoms with E-state index in [4.69, 9.17) is 12.2 Å². The van der Waals surface area contributed by atoms with E-state index in [1.165, 1.54) is 0 Å². The van der Waals surface area contributed by atoms with Gasteiger partial charge in [-0.1, -0.05) is 0 Å². The van der Waals surface area contributed by atoms with Crippen molar-refractivity contribution in [3.63, 3.8) is 0 Å². The fourth-order valence-corrected chi connectivity index (χ4v) is 1.85. The normalized spacial score (nSPS) is 12.8. The Morgan fingerprint density at radius 2 is 1.58 bits per heavy atom. The van der Waals surface area contributed by atoms with Gasteiger partial charge in [0.05, 0.1) is 21.5 Å². The van der Waals surface area contributed by atoms with Crippen molar-refractivity contribution in [1.29, 1.82) is 0 Å². The number of hydrogen-bond acceptors (Lipinski definition) is 7. The van der Waals surface area contributed by atoms with E-state index in [0.717, 1.165) is 31.0 Å². The number of non-ortho nitro benzene ring substituents is 2. The Morgan fingerprint density at radius 1 is 1.04 bits per heavy atom. The molecule has 1 aliphatic rings. The van der Waals surface area contributed by atoms with Crippen LogP contribution in [0.5, 0.6) is 0 Å². The highest BCUT2D eigenvalue weighted by molar-refractivity contribution is 7.80. The first-order chi connectivity index (χ1) is 11.3. The molecule has 0 spiro atoms. The molecule has 3 N–H and O–H groups in total. The van der Waals surface area contributed by atoms with Crippen molar-refractivity contribution in [3.05, 3.63) is 44.0 Å². The Bertz CT molecular complexity index is 715. The van der Waals surface area contributed by atoms with E-state index in [1.54, 1.807) is 0 Å². The predicted octanol–water partition coefficient (Wildman–Crippen LogP) is 0.548. The summed E-state index contributed by atoms with van der Waals surface area (Å²) in [7, 11) is 0. The van der Waals surface area contributed by atoms with E-state index in [-0.39, 0.29) is 22.5 Å². The van der Waals surface area contributed by atoms with E-state index in [0.29, 0.717) is 0 Å². The minimum atomic E-state index is -0.889. The van der Waals surface area contributed by atoms with Crippen molar-refractivity contribution in [2.45, 2.75) is 12.8 Å². The summed E-state index contributed by atoms with van der Waals surface area (Å²) in [5.74, 6) is -1.23. The van der Waals surface area contributed by atoms with Gasteiger partial charge < -0.3 is 0 Å². The molecule has 2 amide bonds. The number of hydrogen-bond donors (Lipinski definition) is 3. The van der Waals surface area contributed by atoms with Crippen LogP contribution >= 0.6 is 12.2 Å². The van der Waals surface area contributed by atoms with Gasteiger partial charge in [-0.25, -0.2) is 0 Å². The Balaban J connectivity index is 2.04. The molecule has 24 heavy (non-hydrogen) atoms. The maximum atomic E-state index is 12.0. The molecule has 0 heterocycles. The van der Waals surface area contributed by atoms with Crippen molar-refractivity contribution in [2.24, 2.45) is 5.92 Å². The van der Waals surface area contributed by atoms with Gasteiger partial charge in [-0.3, -0.25) is 46.0 Å². The number of nitro benzene ring substituents is 2. The quantitative estimate of drug-likeness (QED) is 0.402. The molecule has 0 saturated heterocycles. The lowest BCUT2D eigenvalue weighted by molar-refractivity contribution is -0.394.